The Kier molecular flexibility index (Phi) is 6.39. The van der Waals surface area contributed by atoms with Crippen LogP contribution in [0.5, 0.6) is 0 Å². The quantitative estimate of drug-likeness (QED) is 0.566. The van der Waals surface area contributed by atoms with E-state index in [-0.39, 0.29) is 4.90 Å². The van der Waals surface area contributed by atoms with Gasteiger partial charge in [-0.05, 0) is 39.6 Å². The van der Waals surface area contributed by atoms with Crippen molar-refractivity contribution in [1.29, 1.82) is 0 Å². The molecular formula is C16H26N3O3PS. The minimum Gasteiger partial charge on any atom is -0.316 e. The summed E-state index contributed by atoms with van der Waals surface area (Å²) in [5, 5.41) is 0. The second-order valence-corrected chi connectivity index (χ2v) is 10.5. The Morgan fingerprint density at radius 3 is 2.29 bits per heavy atom. The molecule has 0 aromatic heterocycles. The van der Waals surface area contributed by atoms with Crippen LogP contribution in [-0.2, 0) is 14.5 Å². The Balaban J connectivity index is 2.44. The summed E-state index contributed by atoms with van der Waals surface area (Å²) in [5.74, 6) is 0. The SMILES string of the molecule is CC/C=C/COP1(=NS(=O)(=O)c2ccc(C)cc2)N(C)CCN1C. The van der Waals surface area contributed by atoms with Gasteiger partial charge >= 0.3 is 0 Å². The molecule has 0 saturated carbocycles. The highest BCUT2D eigenvalue weighted by atomic mass is 32.2. The van der Waals surface area contributed by atoms with E-state index in [1.807, 2.05) is 49.4 Å². The van der Waals surface area contributed by atoms with E-state index in [0.29, 0.717) is 6.61 Å². The van der Waals surface area contributed by atoms with E-state index < -0.39 is 17.6 Å². The van der Waals surface area contributed by atoms with Crippen LogP contribution in [0.1, 0.15) is 18.9 Å². The molecule has 0 N–H and O–H groups in total. The van der Waals surface area contributed by atoms with Crippen LogP contribution in [0, 0.1) is 6.92 Å². The van der Waals surface area contributed by atoms with Gasteiger partial charge in [-0.15, -0.1) is 4.15 Å². The molecule has 1 fully saturated rings. The van der Waals surface area contributed by atoms with Crippen molar-refractivity contribution in [3.8, 4) is 0 Å². The third-order valence-corrected chi connectivity index (χ3v) is 9.17. The fraction of sp³-hybridized carbons (Fsp3) is 0.500. The minimum absolute atomic E-state index is 0.203. The lowest BCUT2D eigenvalue weighted by atomic mass is 10.2. The van der Waals surface area contributed by atoms with Crippen LogP contribution < -0.4 is 0 Å². The second-order valence-electron chi connectivity index (χ2n) is 5.82. The molecule has 0 atom stereocenters. The zero-order valence-electron chi connectivity index (χ0n) is 14.7. The minimum atomic E-state index is -3.79. The first-order valence-corrected chi connectivity index (χ1v) is 11.0. The summed E-state index contributed by atoms with van der Waals surface area (Å²) in [6.45, 7) is 5.78. The van der Waals surface area contributed by atoms with E-state index in [0.717, 1.165) is 25.1 Å². The molecule has 2 rings (SSSR count). The van der Waals surface area contributed by atoms with Crippen LogP contribution in [0.15, 0.2) is 45.5 Å². The van der Waals surface area contributed by atoms with Gasteiger partial charge < -0.3 is 4.52 Å². The van der Waals surface area contributed by atoms with Crippen molar-refractivity contribution in [2.45, 2.75) is 25.2 Å². The van der Waals surface area contributed by atoms with Crippen molar-refractivity contribution in [2.24, 2.45) is 4.15 Å². The zero-order chi connectivity index (χ0) is 17.8. The number of rotatable bonds is 6. The maximum Gasteiger partial charge on any atom is 0.285 e. The summed E-state index contributed by atoms with van der Waals surface area (Å²) in [6, 6.07) is 6.75. The van der Waals surface area contributed by atoms with Crippen LogP contribution in [0.3, 0.4) is 0 Å². The molecule has 0 unspecified atom stereocenters. The number of sulfonamides is 1. The lowest BCUT2D eigenvalue weighted by Gasteiger charge is -2.29. The molecule has 6 nitrogen and oxygen atoms in total. The number of hydrogen-bond acceptors (Lipinski definition) is 3. The van der Waals surface area contributed by atoms with Gasteiger partial charge in [-0.25, -0.2) is 9.34 Å². The largest absolute Gasteiger partial charge is 0.316 e. The zero-order valence-corrected chi connectivity index (χ0v) is 16.4. The summed E-state index contributed by atoms with van der Waals surface area (Å²) < 4.78 is 39.8. The molecule has 0 amide bonds. The van der Waals surface area contributed by atoms with Gasteiger partial charge in [0.1, 0.15) is 0 Å². The van der Waals surface area contributed by atoms with E-state index in [2.05, 4.69) is 4.15 Å². The fourth-order valence-electron chi connectivity index (χ4n) is 2.43. The maximum atomic E-state index is 12.8. The summed E-state index contributed by atoms with van der Waals surface area (Å²) in [6.07, 6.45) is 4.83. The van der Waals surface area contributed by atoms with Crippen molar-refractivity contribution in [1.82, 2.24) is 9.34 Å². The number of benzene rings is 1. The van der Waals surface area contributed by atoms with E-state index in [1.165, 1.54) is 0 Å². The van der Waals surface area contributed by atoms with Gasteiger partial charge in [-0.2, -0.15) is 8.42 Å². The van der Waals surface area contributed by atoms with Crippen molar-refractivity contribution in [3.05, 3.63) is 42.0 Å². The Bertz CT molecular complexity index is 730. The highest BCUT2D eigenvalue weighted by Gasteiger charge is 2.39. The number of allylic oxidation sites excluding steroid dienone is 1. The average Bonchev–Trinajstić information content (AvgIpc) is 2.80. The Morgan fingerprint density at radius 2 is 1.75 bits per heavy atom. The summed E-state index contributed by atoms with van der Waals surface area (Å²) in [7, 11) is -2.76. The molecule has 1 saturated heterocycles. The van der Waals surface area contributed by atoms with Crippen molar-refractivity contribution < 1.29 is 12.9 Å². The summed E-state index contributed by atoms with van der Waals surface area (Å²) in [4.78, 5) is 0.203. The number of aryl methyl sites for hydroxylation is 1. The van der Waals surface area contributed by atoms with E-state index in [9.17, 15) is 8.42 Å². The molecule has 8 heteroatoms. The van der Waals surface area contributed by atoms with E-state index in [4.69, 9.17) is 4.52 Å². The number of hydrogen-bond donors (Lipinski definition) is 0. The highest BCUT2D eigenvalue weighted by molar-refractivity contribution is 7.93. The molecule has 1 heterocycles. The lowest BCUT2D eigenvalue weighted by molar-refractivity contribution is 0.340. The van der Waals surface area contributed by atoms with Gasteiger partial charge in [-0.1, -0.05) is 36.8 Å². The van der Waals surface area contributed by atoms with Gasteiger partial charge in [0.25, 0.3) is 10.0 Å². The van der Waals surface area contributed by atoms with Gasteiger partial charge in [0.05, 0.1) is 11.5 Å². The molecule has 0 spiro atoms. The third-order valence-electron chi connectivity index (χ3n) is 3.92. The van der Waals surface area contributed by atoms with Gasteiger partial charge in [-0.3, -0.25) is 0 Å². The number of likely N-dealkylation sites (N-methyl/N-ethyl adjacent to an activating group) is 2. The van der Waals surface area contributed by atoms with Crippen LogP contribution in [0.2, 0.25) is 0 Å². The molecular weight excluding hydrogens is 345 g/mol. The highest BCUT2D eigenvalue weighted by Crippen LogP contribution is 2.60. The third kappa shape index (κ3) is 4.16. The van der Waals surface area contributed by atoms with Crippen molar-refractivity contribution in [2.75, 3.05) is 33.8 Å². The molecule has 24 heavy (non-hydrogen) atoms. The molecule has 0 radical (unpaired) electrons. The number of nitrogens with zero attached hydrogens (tertiary/aromatic N) is 3. The standard InChI is InChI=1S/C16H26N3O3PS/c1-5-6-7-14-22-23(18(3)12-13-19(23)4)17-24(20,21)16-10-8-15(2)9-11-16/h6-11H,5,12-14H2,1-4H3/b7-6+. The molecule has 1 aliphatic rings. The maximum absolute atomic E-state index is 12.8. The molecule has 1 aliphatic heterocycles. The van der Waals surface area contributed by atoms with E-state index >= 15 is 0 Å². The first-order chi connectivity index (χ1) is 11.3. The van der Waals surface area contributed by atoms with Gasteiger partial charge in [0, 0.05) is 13.1 Å². The lowest BCUT2D eigenvalue weighted by Crippen LogP contribution is -2.17. The van der Waals surface area contributed by atoms with Crippen molar-refractivity contribution >= 4 is 17.6 Å². The monoisotopic (exact) mass is 371 g/mol. The Hall–Kier alpha value is -0.980. The summed E-state index contributed by atoms with van der Waals surface area (Å²) >= 11 is 0. The van der Waals surface area contributed by atoms with Crippen LogP contribution in [0.4, 0.5) is 0 Å². The Labute approximate surface area is 145 Å². The molecule has 0 aliphatic carbocycles. The predicted molar refractivity (Wildman–Crippen MR) is 98.4 cm³/mol. The van der Waals surface area contributed by atoms with E-state index in [1.54, 1.807) is 24.3 Å². The molecule has 0 bridgehead atoms. The van der Waals surface area contributed by atoms with Gasteiger partial charge in [0.15, 0.2) is 0 Å². The van der Waals surface area contributed by atoms with Crippen molar-refractivity contribution in [3.63, 3.8) is 0 Å². The summed E-state index contributed by atoms with van der Waals surface area (Å²) in [5.41, 5.74) is 1.01. The molecule has 1 aromatic rings. The van der Waals surface area contributed by atoms with Crippen LogP contribution in [-0.4, -0.2) is 51.6 Å². The van der Waals surface area contributed by atoms with Crippen LogP contribution in [0.25, 0.3) is 0 Å². The molecule has 134 valence electrons. The Morgan fingerprint density at radius 1 is 1.17 bits per heavy atom. The average molecular weight is 371 g/mol. The first-order valence-electron chi connectivity index (χ1n) is 8.00. The normalized spacial score (nSPS) is 19.2. The topological polar surface area (TPSA) is 62.2 Å². The van der Waals surface area contributed by atoms with Crippen LogP contribution >= 0.6 is 7.58 Å². The first kappa shape index (κ1) is 19.3. The predicted octanol–water partition coefficient (Wildman–Crippen LogP) is 3.49. The molecule has 1 aromatic carbocycles. The fourth-order valence-corrected chi connectivity index (χ4v) is 7.50. The smallest absolute Gasteiger partial charge is 0.285 e. The van der Waals surface area contributed by atoms with Gasteiger partial charge in [0.2, 0.25) is 7.58 Å². The second kappa shape index (κ2) is 7.93.